The van der Waals surface area contributed by atoms with E-state index in [1.54, 1.807) is 0 Å². The normalized spacial score (nSPS) is 9.57. The average molecular weight is 293 g/mol. The monoisotopic (exact) mass is 293 g/mol. The van der Waals surface area contributed by atoms with E-state index < -0.39 is 11.9 Å². The van der Waals surface area contributed by atoms with E-state index in [0.29, 0.717) is 17.7 Å². The van der Waals surface area contributed by atoms with Crippen molar-refractivity contribution in [1.29, 1.82) is 0 Å². The maximum absolute atomic E-state index is 11.6. The molecule has 1 rings (SSSR count). The second-order valence-corrected chi connectivity index (χ2v) is 3.80. The number of benzene rings is 1. The largest absolute Gasteiger partial charge is 0.462 e. The molecule has 0 N–H and O–H groups in total. The highest BCUT2D eigenvalue weighted by molar-refractivity contribution is 5.93. The second kappa shape index (κ2) is 9.35. The molecule has 0 aliphatic rings. The van der Waals surface area contributed by atoms with Crippen LogP contribution in [0.25, 0.3) is 10.4 Å². The van der Waals surface area contributed by atoms with Crippen LogP contribution in [0.2, 0.25) is 0 Å². The number of ether oxygens (including phenoxy) is 3. The van der Waals surface area contributed by atoms with Crippen molar-refractivity contribution in [2.24, 2.45) is 5.11 Å². The van der Waals surface area contributed by atoms with Gasteiger partial charge in [0, 0.05) is 12.0 Å². The van der Waals surface area contributed by atoms with Crippen LogP contribution in [-0.4, -0.2) is 45.4 Å². The minimum atomic E-state index is -0.553. The maximum atomic E-state index is 11.6. The molecule has 1 aromatic rings. The van der Waals surface area contributed by atoms with Crippen LogP contribution in [0.4, 0.5) is 0 Å². The summed E-state index contributed by atoms with van der Waals surface area (Å²) < 4.78 is 14.6. The number of esters is 2. The van der Waals surface area contributed by atoms with Gasteiger partial charge in [-0.05, 0) is 29.8 Å². The second-order valence-electron chi connectivity index (χ2n) is 3.80. The first-order chi connectivity index (χ1) is 10.2. The maximum Gasteiger partial charge on any atom is 0.338 e. The Morgan fingerprint density at radius 1 is 1.05 bits per heavy atom. The highest BCUT2D eigenvalue weighted by Gasteiger charge is 2.10. The van der Waals surface area contributed by atoms with Crippen LogP contribution < -0.4 is 0 Å². The van der Waals surface area contributed by atoms with Gasteiger partial charge in [0.25, 0.3) is 0 Å². The van der Waals surface area contributed by atoms with Gasteiger partial charge in [-0.2, -0.15) is 0 Å². The average Bonchev–Trinajstić information content (AvgIpc) is 2.51. The molecule has 8 nitrogen and oxygen atoms in total. The van der Waals surface area contributed by atoms with Crippen molar-refractivity contribution in [3.8, 4) is 0 Å². The van der Waals surface area contributed by atoms with Crippen LogP contribution in [0, 0.1) is 0 Å². The van der Waals surface area contributed by atoms with E-state index in [-0.39, 0.29) is 19.8 Å². The predicted molar refractivity (Wildman–Crippen MR) is 72.9 cm³/mol. The van der Waals surface area contributed by atoms with Crippen molar-refractivity contribution in [2.75, 3.05) is 33.5 Å². The summed E-state index contributed by atoms with van der Waals surface area (Å²) in [4.78, 5) is 25.8. The molecule has 21 heavy (non-hydrogen) atoms. The van der Waals surface area contributed by atoms with Gasteiger partial charge in [-0.1, -0.05) is 5.11 Å². The van der Waals surface area contributed by atoms with Crippen molar-refractivity contribution >= 4 is 11.9 Å². The number of carbonyl (C=O) groups excluding carboxylic acids is 2. The lowest BCUT2D eigenvalue weighted by Crippen LogP contribution is -2.11. The SMILES string of the molecule is COCCOC(=O)c1ccc(C(=O)OCCN=[N+]=[N-])cc1. The lowest BCUT2D eigenvalue weighted by atomic mass is 10.1. The Morgan fingerprint density at radius 2 is 1.57 bits per heavy atom. The Labute approximate surface area is 121 Å². The highest BCUT2D eigenvalue weighted by atomic mass is 16.6. The molecule has 0 saturated heterocycles. The van der Waals surface area contributed by atoms with Crippen molar-refractivity contribution in [3.63, 3.8) is 0 Å². The fraction of sp³-hybridized carbons (Fsp3) is 0.385. The van der Waals surface area contributed by atoms with Gasteiger partial charge in [0.15, 0.2) is 0 Å². The molecule has 0 saturated carbocycles. The van der Waals surface area contributed by atoms with Crippen molar-refractivity contribution < 1.29 is 23.8 Å². The summed E-state index contributed by atoms with van der Waals surface area (Å²) in [5.74, 6) is -1.04. The van der Waals surface area contributed by atoms with Crippen LogP contribution in [-0.2, 0) is 14.2 Å². The summed E-state index contributed by atoms with van der Waals surface area (Å²) in [5, 5.41) is 3.24. The molecule has 8 heteroatoms. The summed E-state index contributed by atoms with van der Waals surface area (Å²) in [6.45, 7) is 0.565. The van der Waals surface area contributed by atoms with Gasteiger partial charge in [0.2, 0.25) is 0 Å². The zero-order valence-corrected chi connectivity index (χ0v) is 11.5. The standard InChI is InChI=1S/C13H15N3O5/c1-19-8-9-21-13(18)11-4-2-10(3-5-11)12(17)20-7-6-15-16-14/h2-5H,6-9H2,1H3. The van der Waals surface area contributed by atoms with Crippen LogP contribution in [0.15, 0.2) is 29.4 Å². The van der Waals surface area contributed by atoms with E-state index in [4.69, 9.17) is 19.7 Å². The first-order valence-corrected chi connectivity index (χ1v) is 6.13. The van der Waals surface area contributed by atoms with Crippen molar-refractivity contribution in [2.45, 2.75) is 0 Å². The van der Waals surface area contributed by atoms with Gasteiger partial charge >= 0.3 is 11.9 Å². The molecule has 0 aromatic heterocycles. The topological polar surface area (TPSA) is 111 Å². The molecule has 0 bridgehead atoms. The Morgan fingerprint density at radius 3 is 2.05 bits per heavy atom. The van der Waals surface area contributed by atoms with Crippen LogP contribution >= 0.6 is 0 Å². The first kappa shape index (κ1) is 16.5. The fourth-order valence-electron chi connectivity index (χ4n) is 1.35. The van der Waals surface area contributed by atoms with Gasteiger partial charge in [-0.15, -0.1) is 0 Å². The van der Waals surface area contributed by atoms with Crippen LogP contribution in [0.1, 0.15) is 20.7 Å². The van der Waals surface area contributed by atoms with E-state index in [0.717, 1.165) is 0 Å². The zero-order valence-electron chi connectivity index (χ0n) is 11.5. The highest BCUT2D eigenvalue weighted by Crippen LogP contribution is 2.07. The van der Waals surface area contributed by atoms with Crippen molar-refractivity contribution in [1.82, 2.24) is 0 Å². The summed E-state index contributed by atoms with van der Waals surface area (Å²) in [5.41, 5.74) is 8.70. The van der Waals surface area contributed by atoms with Gasteiger partial charge in [0.1, 0.15) is 6.61 Å². The van der Waals surface area contributed by atoms with E-state index >= 15 is 0 Å². The Balaban J connectivity index is 2.50. The van der Waals surface area contributed by atoms with Crippen molar-refractivity contribution in [3.05, 3.63) is 45.8 Å². The third-order valence-electron chi connectivity index (χ3n) is 2.36. The smallest absolute Gasteiger partial charge is 0.338 e. The number of methoxy groups -OCH3 is 1. The van der Waals surface area contributed by atoms with E-state index in [1.165, 1.54) is 31.4 Å². The molecule has 0 unspecified atom stereocenters. The third kappa shape index (κ3) is 5.94. The molecule has 112 valence electrons. The molecular formula is C13H15N3O5. The number of hydrogen-bond acceptors (Lipinski definition) is 6. The fourth-order valence-corrected chi connectivity index (χ4v) is 1.35. The third-order valence-corrected chi connectivity index (χ3v) is 2.36. The van der Waals surface area contributed by atoms with E-state index in [9.17, 15) is 9.59 Å². The van der Waals surface area contributed by atoms with Gasteiger partial charge < -0.3 is 14.2 Å². The summed E-state index contributed by atoms with van der Waals surface area (Å²) in [6, 6.07) is 5.87. The lowest BCUT2D eigenvalue weighted by molar-refractivity contribution is 0.0387. The van der Waals surface area contributed by atoms with Crippen LogP contribution in [0.3, 0.4) is 0 Å². The number of nitrogens with zero attached hydrogens (tertiary/aromatic N) is 3. The minimum Gasteiger partial charge on any atom is -0.462 e. The zero-order chi connectivity index (χ0) is 15.5. The molecular weight excluding hydrogens is 278 g/mol. The molecule has 0 heterocycles. The molecule has 1 aromatic carbocycles. The predicted octanol–water partition coefficient (Wildman–Crippen LogP) is 1.96. The number of rotatable bonds is 8. The lowest BCUT2D eigenvalue weighted by Gasteiger charge is -2.05. The Kier molecular flexibility index (Phi) is 7.34. The summed E-state index contributed by atoms with van der Waals surface area (Å²) in [6.07, 6.45) is 0. The van der Waals surface area contributed by atoms with Gasteiger partial charge in [-0.25, -0.2) is 9.59 Å². The molecule has 0 amide bonds. The summed E-state index contributed by atoms with van der Waals surface area (Å²) >= 11 is 0. The molecule has 0 fully saturated rings. The number of hydrogen-bond donors (Lipinski definition) is 0. The minimum absolute atomic E-state index is 0.00367. The van der Waals surface area contributed by atoms with E-state index in [1.807, 2.05) is 0 Å². The summed E-state index contributed by atoms with van der Waals surface area (Å²) in [7, 11) is 1.51. The Bertz CT molecular complexity index is 523. The van der Waals surface area contributed by atoms with Crippen LogP contribution in [0.5, 0.6) is 0 Å². The van der Waals surface area contributed by atoms with Gasteiger partial charge in [0.05, 0.1) is 30.9 Å². The molecule has 0 spiro atoms. The van der Waals surface area contributed by atoms with E-state index in [2.05, 4.69) is 10.0 Å². The van der Waals surface area contributed by atoms with Gasteiger partial charge in [-0.3, -0.25) is 0 Å². The number of carbonyl (C=O) groups is 2. The molecule has 0 aliphatic carbocycles. The number of azide groups is 1. The molecule has 0 aliphatic heterocycles. The molecule has 0 atom stereocenters. The Hall–Kier alpha value is -2.57. The molecule has 0 radical (unpaired) electrons. The quantitative estimate of drug-likeness (QED) is 0.239. The first-order valence-electron chi connectivity index (χ1n) is 6.13.